The van der Waals surface area contributed by atoms with Crippen molar-refractivity contribution in [1.29, 1.82) is 0 Å². The molecule has 0 aromatic carbocycles. The number of halogens is 1. The fourth-order valence-electron chi connectivity index (χ4n) is 2.37. The average Bonchev–Trinajstić information content (AvgIpc) is 2.87. The number of ether oxygens (including phenoxy) is 2. The lowest BCUT2D eigenvalue weighted by Crippen LogP contribution is -2.24. The summed E-state index contributed by atoms with van der Waals surface area (Å²) >= 11 is 3.45. The van der Waals surface area contributed by atoms with Gasteiger partial charge in [0.05, 0.1) is 7.11 Å². The van der Waals surface area contributed by atoms with Crippen LogP contribution in [0.2, 0.25) is 25.7 Å². The number of aryl methyl sites for hydroxylation is 1. The van der Waals surface area contributed by atoms with Gasteiger partial charge in [-0.1, -0.05) is 19.6 Å². The molecule has 0 bridgehead atoms. The molecule has 0 saturated heterocycles. The first kappa shape index (κ1) is 18.9. The molecule has 0 fully saturated rings. The van der Waals surface area contributed by atoms with Crippen molar-refractivity contribution < 1.29 is 14.3 Å². The van der Waals surface area contributed by atoms with Crippen LogP contribution < -0.4 is 5.56 Å². The van der Waals surface area contributed by atoms with Gasteiger partial charge in [0, 0.05) is 37.8 Å². The van der Waals surface area contributed by atoms with Crippen LogP contribution in [0.15, 0.2) is 21.5 Å². The Bertz CT molecular complexity index is 820. The minimum atomic E-state index is -1.20. The van der Waals surface area contributed by atoms with Crippen LogP contribution in [0.3, 0.4) is 0 Å². The van der Waals surface area contributed by atoms with Crippen LogP contribution in [0.1, 0.15) is 10.5 Å². The van der Waals surface area contributed by atoms with Gasteiger partial charge in [-0.15, -0.1) is 0 Å². The molecule has 24 heavy (non-hydrogen) atoms. The third-order valence-corrected chi connectivity index (χ3v) is 6.13. The topological polar surface area (TPSA) is 62.5 Å². The van der Waals surface area contributed by atoms with Crippen molar-refractivity contribution in [2.24, 2.45) is 7.05 Å². The van der Waals surface area contributed by atoms with Crippen molar-refractivity contribution in [1.82, 2.24) is 9.13 Å². The molecule has 0 spiro atoms. The molecule has 2 aromatic rings. The minimum absolute atomic E-state index is 0.143. The fourth-order valence-corrected chi connectivity index (χ4v) is 3.73. The van der Waals surface area contributed by atoms with Gasteiger partial charge >= 0.3 is 5.97 Å². The molecule has 0 aliphatic heterocycles. The maximum atomic E-state index is 12.5. The highest BCUT2D eigenvalue weighted by Crippen LogP contribution is 2.25. The lowest BCUT2D eigenvalue weighted by Gasteiger charge is -2.16. The first-order chi connectivity index (χ1) is 11.2. The van der Waals surface area contributed by atoms with Crippen molar-refractivity contribution in [3.63, 3.8) is 0 Å². The molecule has 2 heterocycles. The first-order valence-corrected chi connectivity index (χ1v) is 12.2. The maximum absolute atomic E-state index is 12.5. The Hall–Kier alpha value is -1.38. The van der Waals surface area contributed by atoms with E-state index in [2.05, 4.69) is 35.6 Å². The fraction of sp³-hybridized carbons (Fsp3) is 0.500. The average molecular weight is 415 g/mol. The van der Waals surface area contributed by atoms with Gasteiger partial charge in [-0.25, -0.2) is 4.79 Å². The molecule has 0 amide bonds. The van der Waals surface area contributed by atoms with Gasteiger partial charge in [0.15, 0.2) is 0 Å². The molecular formula is C16H23BrN2O4Si. The van der Waals surface area contributed by atoms with Crippen molar-refractivity contribution in [3.05, 3.63) is 32.8 Å². The van der Waals surface area contributed by atoms with Crippen LogP contribution in [-0.4, -0.2) is 36.9 Å². The van der Waals surface area contributed by atoms with Crippen molar-refractivity contribution in [3.8, 4) is 0 Å². The quantitative estimate of drug-likeness (QED) is 0.413. The number of esters is 1. The van der Waals surface area contributed by atoms with E-state index in [0.717, 1.165) is 10.5 Å². The number of fused-ring (bicyclic) bond motifs is 1. The highest BCUT2D eigenvalue weighted by atomic mass is 79.9. The zero-order chi connectivity index (χ0) is 18.1. The Kier molecular flexibility index (Phi) is 5.72. The van der Waals surface area contributed by atoms with Crippen LogP contribution in [0.25, 0.3) is 10.9 Å². The highest BCUT2D eigenvalue weighted by Gasteiger charge is 2.21. The molecule has 2 rings (SSSR count). The largest absolute Gasteiger partial charge is 0.464 e. The number of carbonyl (C=O) groups is 1. The monoisotopic (exact) mass is 414 g/mol. The van der Waals surface area contributed by atoms with Gasteiger partial charge in [-0.05, 0) is 28.0 Å². The SMILES string of the molecule is COC(=O)c1cc2c(Br)cn(C)c(=O)c2n1COCC[Si](C)(C)C. The number of pyridine rings is 1. The predicted molar refractivity (Wildman–Crippen MR) is 100 cm³/mol. The van der Waals surface area contributed by atoms with Crippen molar-refractivity contribution in [2.45, 2.75) is 32.4 Å². The minimum Gasteiger partial charge on any atom is -0.464 e. The van der Waals surface area contributed by atoms with E-state index in [9.17, 15) is 9.59 Å². The Morgan fingerprint density at radius 1 is 1.33 bits per heavy atom. The molecule has 6 nitrogen and oxygen atoms in total. The molecule has 0 N–H and O–H groups in total. The van der Waals surface area contributed by atoms with E-state index in [-0.39, 0.29) is 12.3 Å². The third kappa shape index (κ3) is 3.99. The third-order valence-electron chi connectivity index (χ3n) is 3.80. The molecule has 0 aliphatic rings. The van der Waals surface area contributed by atoms with Crippen molar-refractivity contribution >= 4 is 40.9 Å². The summed E-state index contributed by atoms with van der Waals surface area (Å²) in [5.74, 6) is -0.492. The molecule has 0 unspecified atom stereocenters. The summed E-state index contributed by atoms with van der Waals surface area (Å²) in [6.45, 7) is 7.56. The normalized spacial score (nSPS) is 11.9. The molecule has 2 aromatic heterocycles. The first-order valence-electron chi connectivity index (χ1n) is 7.70. The van der Waals surface area contributed by atoms with E-state index in [1.807, 2.05) is 0 Å². The maximum Gasteiger partial charge on any atom is 0.354 e. The Morgan fingerprint density at radius 3 is 2.58 bits per heavy atom. The van der Waals surface area contributed by atoms with E-state index >= 15 is 0 Å². The van der Waals surface area contributed by atoms with E-state index in [0.29, 0.717) is 23.2 Å². The summed E-state index contributed by atoms with van der Waals surface area (Å²) in [7, 11) is 1.79. The molecule has 0 saturated carbocycles. The highest BCUT2D eigenvalue weighted by molar-refractivity contribution is 9.10. The number of carbonyl (C=O) groups excluding carboxylic acids is 1. The second-order valence-electron chi connectivity index (χ2n) is 6.95. The molecule has 0 aliphatic carbocycles. The number of aromatic nitrogens is 2. The molecule has 132 valence electrons. The number of methoxy groups -OCH3 is 1. The van der Waals surface area contributed by atoms with E-state index in [4.69, 9.17) is 9.47 Å². The number of nitrogens with zero attached hydrogens (tertiary/aromatic N) is 2. The standard InChI is InChI=1S/C16H23BrN2O4Si/c1-18-9-12(17)11-8-13(16(21)22-2)19(14(11)15(18)20)10-23-6-7-24(3,4)5/h8-9H,6-7,10H2,1-5H3. The van der Waals surface area contributed by atoms with Gasteiger partial charge in [0.1, 0.15) is 17.9 Å². The van der Waals surface area contributed by atoms with Gasteiger partial charge in [0.2, 0.25) is 0 Å². The van der Waals surface area contributed by atoms with Gasteiger partial charge < -0.3 is 18.6 Å². The summed E-state index contributed by atoms with van der Waals surface area (Å²) in [6, 6.07) is 2.68. The van der Waals surface area contributed by atoms with E-state index < -0.39 is 14.0 Å². The Morgan fingerprint density at radius 2 is 2.00 bits per heavy atom. The zero-order valence-electron chi connectivity index (χ0n) is 14.7. The molecular weight excluding hydrogens is 392 g/mol. The summed E-state index contributed by atoms with van der Waals surface area (Å²) < 4.78 is 14.4. The smallest absolute Gasteiger partial charge is 0.354 e. The molecule has 0 radical (unpaired) electrons. The van der Waals surface area contributed by atoms with E-state index in [1.165, 1.54) is 11.7 Å². The number of hydrogen-bond acceptors (Lipinski definition) is 4. The van der Waals surface area contributed by atoms with Crippen LogP contribution in [0.5, 0.6) is 0 Å². The van der Waals surface area contributed by atoms with Crippen molar-refractivity contribution in [2.75, 3.05) is 13.7 Å². The summed E-state index contributed by atoms with van der Waals surface area (Å²) in [4.78, 5) is 24.6. The second-order valence-corrected chi connectivity index (χ2v) is 13.4. The van der Waals surface area contributed by atoms with Gasteiger partial charge in [0.25, 0.3) is 5.56 Å². The summed E-state index contributed by atoms with van der Waals surface area (Å²) in [5.41, 5.74) is 0.557. The number of hydrogen-bond donors (Lipinski definition) is 0. The lowest BCUT2D eigenvalue weighted by atomic mass is 10.3. The lowest BCUT2D eigenvalue weighted by molar-refractivity contribution is 0.0545. The summed E-state index contributed by atoms with van der Waals surface area (Å²) in [5, 5.41) is 0.673. The van der Waals surface area contributed by atoms with Crippen LogP contribution >= 0.6 is 15.9 Å². The Balaban J connectivity index is 2.45. The number of rotatable bonds is 6. The van der Waals surface area contributed by atoms with Gasteiger partial charge in [-0.3, -0.25) is 4.79 Å². The van der Waals surface area contributed by atoms with Crippen LogP contribution in [0.4, 0.5) is 0 Å². The van der Waals surface area contributed by atoms with E-state index in [1.54, 1.807) is 23.9 Å². The molecule has 8 heteroatoms. The molecule has 0 atom stereocenters. The van der Waals surface area contributed by atoms with Crippen LogP contribution in [0, 0.1) is 0 Å². The van der Waals surface area contributed by atoms with Gasteiger partial charge in [-0.2, -0.15) is 0 Å². The Labute approximate surface area is 150 Å². The van der Waals surface area contributed by atoms with Crippen LogP contribution in [-0.2, 0) is 23.3 Å². The predicted octanol–water partition coefficient (Wildman–Crippen LogP) is 3.20. The second kappa shape index (κ2) is 7.24. The summed E-state index contributed by atoms with van der Waals surface area (Å²) in [6.07, 6.45) is 1.68. The zero-order valence-corrected chi connectivity index (χ0v) is 17.3.